The first-order valence-corrected chi connectivity index (χ1v) is 5.65. The number of carbonyl (C=O) groups is 2. The minimum atomic E-state index is -0.545. The van der Waals surface area contributed by atoms with Gasteiger partial charge in [0.1, 0.15) is 6.54 Å². The lowest BCUT2D eigenvalue weighted by atomic mass is 10.2. The van der Waals surface area contributed by atoms with E-state index in [9.17, 15) is 9.59 Å². The lowest BCUT2D eigenvalue weighted by Gasteiger charge is -2.28. The van der Waals surface area contributed by atoms with E-state index in [-0.39, 0.29) is 18.5 Å². The first kappa shape index (κ1) is 14.9. The molecule has 0 rings (SSSR count). The first-order chi connectivity index (χ1) is 7.43. The van der Waals surface area contributed by atoms with Crippen molar-refractivity contribution in [1.29, 1.82) is 0 Å². The molecule has 0 aliphatic carbocycles. The molecule has 16 heavy (non-hydrogen) atoms. The summed E-state index contributed by atoms with van der Waals surface area (Å²) in [6.45, 7) is 7.55. The molecule has 0 saturated carbocycles. The molecule has 2 N–H and O–H groups in total. The van der Waals surface area contributed by atoms with Crippen molar-refractivity contribution in [3.05, 3.63) is 0 Å². The smallest absolute Gasteiger partial charge is 0.325 e. The van der Waals surface area contributed by atoms with Crippen LogP contribution < -0.4 is 5.73 Å². The standard InChI is InChI=1S/C11H22N2O3/c1-5-9(12)11(15)13(8(3)4)7-10(14)16-6-2/h8-9H,5-7,12H2,1-4H3. The van der Waals surface area contributed by atoms with E-state index < -0.39 is 12.0 Å². The second-order valence-corrected chi connectivity index (χ2v) is 3.88. The molecular formula is C11H22N2O3. The van der Waals surface area contributed by atoms with Gasteiger partial charge in [0.05, 0.1) is 12.6 Å². The predicted molar refractivity (Wildman–Crippen MR) is 61.7 cm³/mol. The van der Waals surface area contributed by atoms with Gasteiger partial charge in [-0.05, 0) is 27.2 Å². The van der Waals surface area contributed by atoms with Crippen LogP contribution in [0.3, 0.4) is 0 Å². The molecule has 0 radical (unpaired) electrons. The number of rotatable bonds is 6. The number of hydrogen-bond acceptors (Lipinski definition) is 4. The molecule has 1 unspecified atom stereocenters. The van der Waals surface area contributed by atoms with Crippen molar-refractivity contribution in [2.75, 3.05) is 13.2 Å². The zero-order valence-electron chi connectivity index (χ0n) is 10.5. The summed E-state index contributed by atoms with van der Waals surface area (Å²) in [5.74, 6) is -0.599. The maximum absolute atomic E-state index is 11.8. The highest BCUT2D eigenvalue weighted by atomic mass is 16.5. The molecule has 0 spiro atoms. The molecule has 0 aromatic carbocycles. The van der Waals surface area contributed by atoms with E-state index in [2.05, 4.69) is 0 Å². The molecule has 0 aromatic heterocycles. The van der Waals surface area contributed by atoms with E-state index in [1.54, 1.807) is 6.92 Å². The largest absolute Gasteiger partial charge is 0.465 e. The average Bonchev–Trinajstić information content (AvgIpc) is 2.23. The number of carbonyl (C=O) groups excluding carboxylic acids is 2. The Hall–Kier alpha value is -1.10. The topological polar surface area (TPSA) is 72.6 Å². The van der Waals surface area contributed by atoms with E-state index in [1.165, 1.54) is 4.90 Å². The molecule has 0 aliphatic rings. The van der Waals surface area contributed by atoms with Crippen molar-refractivity contribution in [2.45, 2.75) is 46.2 Å². The Balaban J connectivity index is 4.50. The summed E-state index contributed by atoms with van der Waals surface area (Å²) in [4.78, 5) is 24.6. The van der Waals surface area contributed by atoms with Gasteiger partial charge in [-0.3, -0.25) is 9.59 Å². The van der Waals surface area contributed by atoms with Gasteiger partial charge in [0.15, 0.2) is 0 Å². The molecule has 5 nitrogen and oxygen atoms in total. The quantitative estimate of drug-likeness (QED) is 0.675. The average molecular weight is 230 g/mol. The highest BCUT2D eigenvalue weighted by Gasteiger charge is 2.24. The van der Waals surface area contributed by atoms with E-state index in [0.717, 1.165) is 0 Å². The summed E-state index contributed by atoms with van der Waals surface area (Å²) < 4.78 is 4.81. The molecule has 1 amide bonds. The number of amides is 1. The lowest BCUT2D eigenvalue weighted by Crippen LogP contribution is -2.49. The summed E-state index contributed by atoms with van der Waals surface area (Å²) in [6.07, 6.45) is 0.560. The third-order valence-corrected chi connectivity index (χ3v) is 2.27. The number of nitrogens with two attached hydrogens (primary N) is 1. The van der Waals surface area contributed by atoms with E-state index in [0.29, 0.717) is 13.0 Å². The van der Waals surface area contributed by atoms with Gasteiger partial charge >= 0.3 is 5.97 Å². The van der Waals surface area contributed by atoms with Crippen LogP contribution in [0.2, 0.25) is 0 Å². The van der Waals surface area contributed by atoms with E-state index >= 15 is 0 Å². The van der Waals surface area contributed by atoms with E-state index in [4.69, 9.17) is 10.5 Å². The number of nitrogens with zero attached hydrogens (tertiary/aromatic N) is 1. The lowest BCUT2D eigenvalue weighted by molar-refractivity contribution is -0.150. The highest BCUT2D eigenvalue weighted by Crippen LogP contribution is 2.03. The summed E-state index contributed by atoms with van der Waals surface area (Å²) in [7, 11) is 0. The third kappa shape index (κ3) is 4.61. The first-order valence-electron chi connectivity index (χ1n) is 5.65. The van der Waals surface area contributed by atoms with Crippen LogP contribution in [0.5, 0.6) is 0 Å². The maximum Gasteiger partial charge on any atom is 0.325 e. The highest BCUT2D eigenvalue weighted by molar-refractivity contribution is 5.85. The minimum absolute atomic E-state index is 0.0297. The van der Waals surface area contributed by atoms with Crippen molar-refractivity contribution < 1.29 is 14.3 Å². The Labute approximate surface area is 96.9 Å². The van der Waals surface area contributed by atoms with Crippen LogP contribution in [0, 0.1) is 0 Å². The van der Waals surface area contributed by atoms with Gasteiger partial charge < -0.3 is 15.4 Å². The maximum atomic E-state index is 11.8. The Kier molecular flexibility index (Phi) is 6.72. The Morgan fingerprint density at radius 3 is 2.25 bits per heavy atom. The molecule has 0 saturated heterocycles. The molecular weight excluding hydrogens is 208 g/mol. The van der Waals surface area contributed by atoms with Gasteiger partial charge in [-0.25, -0.2) is 0 Å². The number of hydrogen-bond donors (Lipinski definition) is 1. The SMILES string of the molecule is CCOC(=O)CN(C(=O)C(N)CC)C(C)C. The summed E-state index contributed by atoms with van der Waals surface area (Å²) in [5, 5.41) is 0. The van der Waals surface area contributed by atoms with Crippen LogP contribution in [0.25, 0.3) is 0 Å². The van der Waals surface area contributed by atoms with Crippen molar-refractivity contribution >= 4 is 11.9 Å². The molecule has 0 aromatic rings. The second kappa shape index (κ2) is 7.22. The molecule has 0 aliphatic heterocycles. The zero-order chi connectivity index (χ0) is 12.7. The van der Waals surface area contributed by atoms with Crippen LogP contribution in [0.15, 0.2) is 0 Å². The Bertz CT molecular complexity index is 241. The minimum Gasteiger partial charge on any atom is -0.465 e. The Morgan fingerprint density at radius 1 is 1.31 bits per heavy atom. The second-order valence-electron chi connectivity index (χ2n) is 3.88. The normalized spacial score (nSPS) is 12.4. The fraction of sp³-hybridized carbons (Fsp3) is 0.818. The van der Waals surface area contributed by atoms with Gasteiger partial charge in [0.25, 0.3) is 0 Å². The van der Waals surface area contributed by atoms with Gasteiger partial charge in [-0.2, -0.15) is 0 Å². The van der Waals surface area contributed by atoms with Crippen molar-refractivity contribution in [3.8, 4) is 0 Å². The zero-order valence-corrected chi connectivity index (χ0v) is 10.5. The summed E-state index contributed by atoms with van der Waals surface area (Å²) in [6, 6.07) is -0.605. The molecule has 0 heterocycles. The van der Waals surface area contributed by atoms with Gasteiger partial charge in [0, 0.05) is 6.04 Å². The third-order valence-electron chi connectivity index (χ3n) is 2.27. The molecule has 0 bridgehead atoms. The molecule has 1 atom stereocenters. The van der Waals surface area contributed by atoms with Gasteiger partial charge in [-0.15, -0.1) is 0 Å². The van der Waals surface area contributed by atoms with Crippen LogP contribution in [-0.2, 0) is 14.3 Å². The van der Waals surface area contributed by atoms with Crippen LogP contribution in [0.1, 0.15) is 34.1 Å². The number of ether oxygens (including phenoxy) is 1. The van der Waals surface area contributed by atoms with Crippen LogP contribution in [-0.4, -0.2) is 42.0 Å². The van der Waals surface area contributed by atoms with Crippen LogP contribution in [0.4, 0.5) is 0 Å². The monoisotopic (exact) mass is 230 g/mol. The van der Waals surface area contributed by atoms with Crippen LogP contribution >= 0.6 is 0 Å². The Morgan fingerprint density at radius 2 is 1.88 bits per heavy atom. The number of esters is 1. The van der Waals surface area contributed by atoms with E-state index in [1.807, 2.05) is 20.8 Å². The van der Waals surface area contributed by atoms with Gasteiger partial charge in [0.2, 0.25) is 5.91 Å². The van der Waals surface area contributed by atoms with Crippen molar-refractivity contribution in [1.82, 2.24) is 4.90 Å². The molecule has 0 fully saturated rings. The predicted octanol–water partition coefficient (Wildman–Crippen LogP) is 0.524. The van der Waals surface area contributed by atoms with Gasteiger partial charge in [-0.1, -0.05) is 6.92 Å². The molecule has 5 heteroatoms. The summed E-state index contributed by atoms with van der Waals surface area (Å²) >= 11 is 0. The van der Waals surface area contributed by atoms with Crippen molar-refractivity contribution in [3.63, 3.8) is 0 Å². The van der Waals surface area contributed by atoms with Crippen molar-refractivity contribution in [2.24, 2.45) is 5.73 Å². The fourth-order valence-corrected chi connectivity index (χ4v) is 1.25. The summed E-state index contributed by atoms with van der Waals surface area (Å²) in [5.41, 5.74) is 5.66. The fourth-order valence-electron chi connectivity index (χ4n) is 1.25. The molecule has 94 valence electrons.